The molecule has 5 rings (SSSR count). The third-order valence-electron chi connectivity index (χ3n) is 7.57. The standard InChI is InChI=1S/C33H40N4O5/c1-19-8-10-24(20(2)12-19)16-34-29(38)14-23-9-11-27-25(13-23)15-28(40-27)31(30-21(3)36-42-22(30)4)37-17-26(18-37)35-32(39)41-33(5,6)7/h8-13,15,26,31H,14,16-18H2,1-7H3,(H,34,38)(H,35,39)/t31-/m1/s1. The molecule has 9 heteroatoms. The molecule has 0 radical (unpaired) electrons. The van der Waals surface area contributed by atoms with E-state index in [9.17, 15) is 9.59 Å². The third kappa shape index (κ3) is 6.68. The Bertz CT molecular complexity index is 1590. The number of benzene rings is 2. The number of carbonyl (C=O) groups is 2. The maximum Gasteiger partial charge on any atom is 0.407 e. The molecule has 3 heterocycles. The first-order chi connectivity index (χ1) is 19.9. The van der Waals surface area contributed by atoms with Gasteiger partial charge in [0, 0.05) is 30.6 Å². The number of aromatic nitrogens is 1. The lowest BCUT2D eigenvalue weighted by atomic mass is 9.95. The van der Waals surface area contributed by atoms with E-state index in [4.69, 9.17) is 13.7 Å². The summed E-state index contributed by atoms with van der Waals surface area (Å²) in [5, 5.41) is 11.1. The number of alkyl carbamates (subject to hydrolysis) is 1. The Morgan fingerprint density at radius 1 is 1.07 bits per heavy atom. The lowest BCUT2D eigenvalue weighted by molar-refractivity contribution is -0.120. The number of ether oxygens (including phenoxy) is 1. The minimum Gasteiger partial charge on any atom is -0.459 e. The van der Waals surface area contributed by atoms with Crippen LogP contribution in [0.3, 0.4) is 0 Å². The smallest absolute Gasteiger partial charge is 0.407 e. The van der Waals surface area contributed by atoms with Crippen molar-refractivity contribution < 1.29 is 23.3 Å². The molecule has 222 valence electrons. The Balaban J connectivity index is 1.30. The molecule has 0 aliphatic carbocycles. The van der Waals surface area contributed by atoms with Crippen molar-refractivity contribution in [1.29, 1.82) is 0 Å². The Morgan fingerprint density at radius 2 is 1.83 bits per heavy atom. The molecule has 1 fully saturated rings. The van der Waals surface area contributed by atoms with Crippen molar-refractivity contribution in [3.05, 3.63) is 87.5 Å². The average molecular weight is 573 g/mol. The molecule has 0 saturated carbocycles. The molecule has 1 atom stereocenters. The molecule has 4 aromatic rings. The molecule has 2 amide bonds. The predicted molar refractivity (Wildman–Crippen MR) is 160 cm³/mol. The van der Waals surface area contributed by atoms with Crippen molar-refractivity contribution in [2.24, 2.45) is 0 Å². The van der Waals surface area contributed by atoms with Crippen molar-refractivity contribution in [2.45, 2.75) is 79.1 Å². The number of hydrogen-bond donors (Lipinski definition) is 2. The third-order valence-corrected chi connectivity index (χ3v) is 7.57. The van der Waals surface area contributed by atoms with Crippen LogP contribution in [0.1, 0.15) is 71.8 Å². The van der Waals surface area contributed by atoms with Gasteiger partial charge in [-0.3, -0.25) is 9.69 Å². The summed E-state index contributed by atoms with van der Waals surface area (Å²) in [6, 6.07) is 13.9. The number of nitrogens with one attached hydrogen (secondary N) is 2. The van der Waals surface area contributed by atoms with Crippen LogP contribution in [-0.2, 0) is 22.5 Å². The first kappa shape index (κ1) is 29.4. The second-order valence-electron chi connectivity index (χ2n) is 12.3. The second-order valence-corrected chi connectivity index (χ2v) is 12.3. The van der Waals surface area contributed by atoms with E-state index < -0.39 is 11.7 Å². The van der Waals surface area contributed by atoms with E-state index in [0.29, 0.717) is 19.6 Å². The highest BCUT2D eigenvalue weighted by atomic mass is 16.6. The number of aryl methyl sites for hydroxylation is 4. The van der Waals surface area contributed by atoms with Gasteiger partial charge in [0.05, 0.1) is 24.2 Å². The van der Waals surface area contributed by atoms with E-state index in [1.807, 2.05) is 58.9 Å². The van der Waals surface area contributed by atoms with Crippen LogP contribution in [0.2, 0.25) is 0 Å². The zero-order valence-corrected chi connectivity index (χ0v) is 25.5. The molecular formula is C33H40N4O5. The van der Waals surface area contributed by atoms with Gasteiger partial charge < -0.3 is 24.3 Å². The molecule has 0 spiro atoms. The van der Waals surface area contributed by atoms with Gasteiger partial charge in [-0.15, -0.1) is 0 Å². The quantitative estimate of drug-likeness (QED) is 0.274. The van der Waals surface area contributed by atoms with Crippen LogP contribution in [0, 0.1) is 27.7 Å². The molecule has 2 N–H and O–H groups in total. The summed E-state index contributed by atoms with van der Waals surface area (Å²) in [5.41, 5.74) is 6.34. The summed E-state index contributed by atoms with van der Waals surface area (Å²) in [4.78, 5) is 27.3. The van der Waals surface area contributed by atoms with Crippen LogP contribution in [-0.4, -0.2) is 46.8 Å². The Morgan fingerprint density at radius 3 is 2.50 bits per heavy atom. The van der Waals surface area contributed by atoms with Gasteiger partial charge >= 0.3 is 6.09 Å². The first-order valence-electron chi connectivity index (χ1n) is 14.4. The van der Waals surface area contributed by atoms with E-state index in [1.165, 1.54) is 11.1 Å². The summed E-state index contributed by atoms with van der Waals surface area (Å²) in [7, 11) is 0. The van der Waals surface area contributed by atoms with E-state index in [0.717, 1.165) is 44.9 Å². The highest BCUT2D eigenvalue weighted by molar-refractivity contribution is 5.83. The normalized spacial score (nSPS) is 14.9. The topological polar surface area (TPSA) is 110 Å². The number of nitrogens with zero attached hydrogens (tertiary/aromatic N) is 2. The van der Waals surface area contributed by atoms with Crippen molar-refractivity contribution >= 4 is 23.0 Å². The second kappa shape index (κ2) is 11.6. The highest BCUT2D eigenvalue weighted by Crippen LogP contribution is 2.38. The number of furan rings is 1. The fraction of sp³-hybridized carbons (Fsp3) is 0.424. The summed E-state index contributed by atoms with van der Waals surface area (Å²) >= 11 is 0. The molecule has 1 saturated heterocycles. The molecule has 1 aliphatic rings. The Hall–Kier alpha value is -4.11. The molecular weight excluding hydrogens is 532 g/mol. The number of rotatable bonds is 8. The van der Waals surface area contributed by atoms with Crippen LogP contribution in [0.5, 0.6) is 0 Å². The highest BCUT2D eigenvalue weighted by Gasteiger charge is 2.39. The summed E-state index contributed by atoms with van der Waals surface area (Å²) < 4.78 is 17.3. The lowest BCUT2D eigenvalue weighted by Crippen LogP contribution is -2.60. The Kier molecular flexibility index (Phi) is 8.14. The Labute approximate surface area is 246 Å². The monoisotopic (exact) mass is 572 g/mol. The number of amides is 2. The first-order valence-corrected chi connectivity index (χ1v) is 14.4. The number of hydrogen-bond acceptors (Lipinski definition) is 7. The molecule has 0 unspecified atom stereocenters. The largest absolute Gasteiger partial charge is 0.459 e. The number of likely N-dealkylation sites (tertiary alicyclic amines) is 1. The minimum atomic E-state index is -0.555. The SMILES string of the molecule is Cc1ccc(CNC(=O)Cc2ccc3oc([C@H](c4c(C)noc4C)N4CC(NC(=O)OC(C)(C)C)C4)cc3c2)c(C)c1. The van der Waals surface area contributed by atoms with Gasteiger partial charge in [0.15, 0.2) is 0 Å². The molecule has 42 heavy (non-hydrogen) atoms. The maximum absolute atomic E-state index is 12.8. The van der Waals surface area contributed by atoms with Crippen molar-refractivity contribution in [2.75, 3.05) is 13.1 Å². The van der Waals surface area contributed by atoms with Crippen molar-refractivity contribution in [3.8, 4) is 0 Å². The average Bonchev–Trinajstić information content (AvgIpc) is 3.43. The van der Waals surface area contributed by atoms with E-state index in [-0.39, 0.29) is 24.4 Å². The van der Waals surface area contributed by atoms with Crippen LogP contribution in [0.25, 0.3) is 11.0 Å². The van der Waals surface area contributed by atoms with Gasteiger partial charge in [-0.25, -0.2) is 4.79 Å². The molecule has 0 bridgehead atoms. The molecule has 2 aromatic carbocycles. The predicted octanol–water partition coefficient (Wildman–Crippen LogP) is 5.81. The number of fused-ring (bicyclic) bond motifs is 1. The maximum atomic E-state index is 12.8. The van der Waals surface area contributed by atoms with Crippen molar-refractivity contribution in [3.63, 3.8) is 0 Å². The lowest BCUT2D eigenvalue weighted by Gasteiger charge is -2.43. The van der Waals surface area contributed by atoms with Gasteiger partial charge in [-0.1, -0.05) is 35.0 Å². The van der Waals surface area contributed by atoms with Gasteiger partial charge in [0.1, 0.15) is 22.7 Å². The van der Waals surface area contributed by atoms with Crippen LogP contribution in [0.4, 0.5) is 4.79 Å². The summed E-state index contributed by atoms with van der Waals surface area (Å²) in [5.74, 6) is 1.45. The minimum absolute atomic E-state index is 0.0317. The molecule has 1 aliphatic heterocycles. The zero-order valence-electron chi connectivity index (χ0n) is 25.5. The van der Waals surface area contributed by atoms with Crippen LogP contribution < -0.4 is 10.6 Å². The van der Waals surface area contributed by atoms with E-state index in [1.54, 1.807) is 0 Å². The molecule has 2 aromatic heterocycles. The van der Waals surface area contributed by atoms with Gasteiger partial charge in [-0.2, -0.15) is 0 Å². The summed E-state index contributed by atoms with van der Waals surface area (Å²) in [6.07, 6.45) is -0.144. The zero-order chi connectivity index (χ0) is 30.2. The fourth-order valence-electron chi connectivity index (χ4n) is 5.52. The van der Waals surface area contributed by atoms with Crippen LogP contribution in [0.15, 0.2) is 51.4 Å². The van der Waals surface area contributed by atoms with E-state index in [2.05, 4.69) is 52.7 Å². The van der Waals surface area contributed by atoms with Gasteiger partial charge in [0.25, 0.3) is 0 Å². The van der Waals surface area contributed by atoms with Crippen molar-refractivity contribution in [1.82, 2.24) is 20.7 Å². The number of carbonyl (C=O) groups excluding carboxylic acids is 2. The molecule has 9 nitrogen and oxygen atoms in total. The van der Waals surface area contributed by atoms with Crippen LogP contribution >= 0.6 is 0 Å². The summed E-state index contributed by atoms with van der Waals surface area (Å²) in [6.45, 7) is 15.2. The van der Waals surface area contributed by atoms with E-state index >= 15 is 0 Å². The van der Waals surface area contributed by atoms with Gasteiger partial charge in [-0.05, 0) is 83.4 Å². The fourth-order valence-corrected chi connectivity index (χ4v) is 5.52. The van der Waals surface area contributed by atoms with Gasteiger partial charge in [0.2, 0.25) is 5.91 Å².